The lowest BCUT2D eigenvalue weighted by atomic mass is 9.81. The van der Waals surface area contributed by atoms with Crippen LogP contribution in [0.5, 0.6) is 0 Å². The number of carboxylic acids is 1. The normalized spacial score (nSPS) is 25.7. The van der Waals surface area contributed by atoms with Gasteiger partial charge >= 0.3 is 12.0 Å². The Bertz CT molecular complexity index is 796. The summed E-state index contributed by atoms with van der Waals surface area (Å²) in [5.41, 5.74) is 0.198. The standard InChI is InChI=1S/C19H21N3O3S/c23-17(24)19-8-4-7-14(19)11-22(12-19)18(25)21-15(16-20-9-10-26-16)13-5-2-1-3-6-13/h1-3,5-6,9-10,14-15H,4,7-8,11-12H2,(H,21,25)(H,23,24)/t14-,15?,19+/m0/s1. The number of aliphatic carboxylic acids is 1. The van der Waals surface area contributed by atoms with Crippen LogP contribution in [-0.4, -0.2) is 40.1 Å². The van der Waals surface area contributed by atoms with Crippen molar-refractivity contribution in [2.45, 2.75) is 25.3 Å². The van der Waals surface area contributed by atoms with E-state index in [0.29, 0.717) is 13.0 Å². The number of urea groups is 1. The van der Waals surface area contributed by atoms with Gasteiger partial charge in [0.25, 0.3) is 0 Å². The van der Waals surface area contributed by atoms with Crippen molar-refractivity contribution in [3.8, 4) is 0 Å². The second-order valence-corrected chi connectivity index (χ2v) is 8.02. The molecule has 1 aliphatic carbocycles. The molecular weight excluding hydrogens is 350 g/mol. The van der Waals surface area contributed by atoms with Gasteiger partial charge in [0.05, 0.1) is 5.41 Å². The predicted molar refractivity (Wildman–Crippen MR) is 97.9 cm³/mol. The number of hydrogen-bond acceptors (Lipinski definition) is 4. The Hall–Kier alpha value is -2.41. The summed E-state index contributed by atoms with van der Waals surface area (Å²) in [5.74, 6) is -0.712. The third kappa shape index (κ3) is 2.86. The summed E-state index contributed by atoms with van der Waals surface area (Å²) in [6.45, 7) is 0.801. The molecule has 3 atom stereocenters. The number of rotatable bonds is 4. The number of benzene rings is 1. The molecule has 2 aliphatic rings. The van der Waals surface area contributed by atoms with Crippen molar-refractivity contribution in [1.82, 2.24) is 15.2 Å². The SMILES string of the molecule is O=C(NC(c1ccccc1)c1nccs1)N1C[C@@H]2CCC[C@@]2(C(=O)O)C1. The zero-order valence-electron chi connectivity index (χ0n) is 14.3. The third-order valence-electron chi connectivity index (χ3n) is 5.68. The minimum Gasteiger partial charge on any atom is -0.481 e. The van der Waals surface area contributed by atoms with Crippen molar-refractivity contribution in [1.29, 1.82) is 0 Å². The molecule has 0 radical (unpaired) electrons. The fourth-order valence-corrected chi connectivity index (χ4v) is 5.03. The average Bonchev–Trinajstić information content (AvgIpc) is 3.35. The molecule has 0 bridgehead atoms. The number of amides is 2. The molecule has 26 heavy (non-hydrogen) atoms. The average molecular weight is 371 g/mol. The van der Waals surface area contributed by atoms with Crippen LogP contribution in [0.3, 0.4) is 0 Å². The molecule has 1 saturated carbocycles. The quantitative estimate of drug-likeness (QED) is 0.865. The molecular formula is C19H21N3O3S. The number of nitrogens with zero attached hydrogens (tertiary/aromatic N) is 2. The summed E-state index contributed by atoms with van der Waals surface area (Å²) in [6, 6.07) is 9.17. The Kier molecular flexibility index (Phi) is 4.40. The molecule has 1 aliphatic heterocycles. The van der Waals surface area contributed by atoms with Crippen LogP contribution >= 0.6 is 11.3 Å². The lowest BCUT2D eigenvalue weighted by molar-refractivity contribution is -0.149. The van der Waals surface area contributed by atoms with Crippen LogP contribution in [0.2, 0.25) is 0 Å². The monoisotopic (exact) mass is 371 g/mol. The van der Waals surface area contributed by atoms with Crippen LogP contribution in [-0.2, 0) is 4.79 Å². The Morgan fingerprint density at radius 1 is 1.35 bits per heavy atom. The van der Waals surface area contributed by atoms with Crippen LogP contribution in [0.15, 0.2) is 41.9 Å². The maximum atomic E-state index is 12.9. The second kappa shape index (κ2) is 6.72. The molecule has 7 heteroatoms. The number of hydrogen-bond donors (Lipinski definition) is 2. The maximum Gasteiger partial charge on any atom is 0.318 e. The Balaban J connectivity index is 1.54. The van der Waals surface area contributed by atoms with E-state index in [4.69, 9.17) is 0 Å². The van der Waals surface area contributed by atoms with E-state index in [-0.39, 0.29) is 24.5 Å². The molecule has 2 aromatic rings. The molecule has 1 aromatic heterocycles. The number of carbonyl (C=O) groups is 2. The largest absolute Gasteiger partial charge is 0.481 e. The van der Waals surface area contributed by atoms with E-state index in [1.54, 1.807) is 11.1 Å². The summed E-state index contributed by atoms with van der Waals surface area (Å²) in [6.07, 6.45) is 4.19. The van der Waals surface area contributed by atoms with E-state index in [9.17, 15) is 14.7 Å². The topological polar surface area (TPSA) is 82.5 Å². The van der Waals surface area contributed by atoms with E-state index in [1.807, 2.05) is 35.7 Å². The molecule has 1 aromatic carbocycles. The molecule has 6 nitrogen and oxygen atoms in total. The number of nitrogens with one attached hydrogen (secondary N) is 1. The highest BCUT2D eigenvalue weighted by Gasteiger charge is 2.55. The minimum absolute atomic E-state index is 0.0563. The second-order valence-electron chi connectivity index (χ2n) is 7.09. The molecule has 2 amide bonds. The van der Waals surface area contributed by atoms with Crippen LogP contribution in [0.25, 0.3) is 0 Å². The first-order valence-electron chi connectivity index (χ1n) is 8.83. The van der Waals surface area contributed by atoms with Gasteiger partial charge in [0.2, 0.25) is 0 Å². The smallest absolute Gasteiger partial charge is 0.318 e. The van der Waals surface area contributed by atoms with E-state index in [1.165, 1.54) is 11.3 Å². The Morgan fingerprint density at radius 2 is 2.15 bits per heavy atom. The zero-order chi connectivity index (χ0) is 18.1. The van der Waals surface area contributed by atoms with Crippen molar-refractivity contribution in [2.75, 3.05) is 13.1 Å². The predicted octanol–water partition coefficient (Wildman–Crippen LogP) is 3.13. The molecule has 136 valence electrons. The first-order chi connectivity index (χ1) is 12.6. The van der Waals surface area contributed by atoms with Gasteiger partial charge in [-0.3, -0.25) is 4.79 Å². The van der Waals surface area contributed by atoms with E-state index < -0.39 is 11.4 Å². The molecule has 4 rings (SSSR count). The van der Waals surface area contributed by atoms with Crippen LogP contribution in [0.1, 0.15) is 35.9 Å². The maximum absolute atomic E-state index is 12.9. The first kappa shape index (κ1) is 17.0. The van der Waals surface area contributed by atoms with Crippen molar-refractivity contribution in [3.05, 3.63) is 52.5 Å². The number of likely N-dealkylation sites (tertiary alicyclic amines) is 1. The van der Waals surface area contributed by atoms with Gasteiger partial charge in [0.15, 0.2) is 0 Å². The number of carbonyl (C=O) groups excluding carboxylic acids is 1. The molecule has 1 saturated heterocycles. The fraction of sp³-hybridized carbons (Fsp3) is 0.421. The van der Waals surface area contributed by atoms with Gasteiger partial charge in [-0.05, 0) is 24.3 Å². The van der Waals surface area contributed by atoms with Crippen LogP contribution < -0.4 is 5.32 Å². The molecule has 2 heterocycles. The highest BCUT2D eigenvalue weighted by molar-refractivity contribution is 7.09. The molecule has 2 fully saturated rings. The molecule has 0 spiro atoms. The van der Waals surface area contributed by atoms with Gasteiger partial charge in [0, 0.05) is 24.7 Å². The van der Waals surface area contributed by atoms with E-state index in [2.05, 4.69) is 10.3 Å². The summed E-state index contributed by atoms with van der Waals surface area (Å²) in [4.78, 5) is 30.8. The molecule has 1 unspecified atom stereocenters. The van der Waals surface area contributed by atoms with Gasteiger partial charge in [-0.15, -0.1) is 11.3 Å². The summed E-state index contributed by atoms with van der Waals surface area (Å²) < 4.78 is 0. The van der Waals surface area contributed by atoms with Crippen molar-refractivity contribution in [3.63, 3.8) is 0 Å². The summed E-state index contributed by atoms with van der Waals surface area (Å²) in [5, 5.41) is 15.5. The number of aromatic nitrogens is 1. The van der Waals surface area contributed by atoms with Gasteiger partial charge in [-0.25, -0.2) is 9.78 Å². The number of carboxylic acid groups (broad SMARTS) is 1. The van der Waals surface area contributed by atoms with Gasteiger partial charge in [0.1, 0.15) is 11.0 Å². The van der Waals surface area contributed by atoms with Gasteiger partial charge in [-0.2, -0.15) is 0 Å². The molecule has 2 N–H and O–H groups in total. The minimum atomic E-state index is -0.769. The number of fused-ring (bicyclic) bond motifs is 1. The lowest BCUT2D eigenvalue weighted by Gasteiger charge is -2.25. The Morgan fingerprint density at radius 3 is 2.81 bits per heavy atom. The summed E-state index contributed by atoms with van der Waals surface area (Å²) in [7, 11) is 0. The zero-order valence-corrected chi connectivity index (χ0v) is 15.1. The number of thiazole rings is 1. The summed E-state index contributed by atoms with van der Waals surface area (Å²) >= 11 is 1.49. The van der Waals surface area contributed by atoms with Gasteiger partial charge in [-0.1, -0.05) is 36.8 Å². The van der Waals surface area contributed by atoms with Crippen LogP contribution in [0, 0.1) is 11.3 Å². The third-order valence-corrected chi connectivity index (χ3v) is 6.52. The highest BCUT2D eigenvalue weighted by atomic mass is 32.1. The van der Waals surface area contributed by atoms with Crippen molar-refractivity contribution in [2.24, 2.45) is 11.3 Å². The van der Waals surface area contributed by atoms with E-state index in [0.717, 1.165) is 23.4 Å². The van der Waals surface area contributed by atoms with Crippen LogP contribution in [0.4, 0.5) is 4.79 Å². The van der Waals surface area contributed by atoms with Crippen molar-refractivity contribution >= 4 is 23.3 Å². The van der Waals surface area contributed by atoms with E-state index >= 15 is 0 Å². The Labute approximate surface area is 155 Å². The van der Waals surface area contributed by atoms with Gasteiger partial charge < -0.3 is 15.3 Å². The lowest BCUT2D eigenvalue weighted by Crippen LogP contribution is -2.43. The fourth-order valence-electron chi connectivity index (χ4n) is 4.32. The first-order valence-corrected chi connectivity index (χ1v) is 9.71. The highest BCUT2D eigenvalue weighted by Crippen LogP contribution is 2.48. The van der Waals surface area contributed by atoms with Crippen molar-refractivity contribution < 1.29 is 14.7 Å².